The molecule has 2 unspecified atom stereocenters. The fourth-order valence-corrected chi connectivity index (χ4v) is 13.3. The lowest BCUT2D eigenvalue weighted by Gasteiger charge is -2.21. The third-order valence-corrected chi connectivity index (χ3v) is 19.7. The van der Waals surface area contributed by atoms with E-state index in [4.69, 9.17) is 37.0 Å². The van der Waals surface area contributed by atoms with Crippen molar-refractivity contribution >= 4 is 39.5 Å². The van der Waals surface area contributed by atoms with Crippen molar-refractivity contribution in [3.8, 4) is 0 Å². The van der Waals surface area contributed by atoms with E-state index in [1.165, 1.54) is 225 Å². The van der Waals surface area contributed by atoms with Crippen LogP contribution in [0.25, 0.3) is 0 Å². The number of phosphoric ester groups is 2. The average Bonchev–Trinajstić information content (AvgIpc) is 2.34. The summed E-state index contributed by atoms with van der Waals surface area (Å²) in [5.74, 6) is -1.33. The van der Waals surface area contributed by atoms with Gasteiger partial charge in [-0.1, -0.05) is 349 Å². The first-order chi connectivity index (χ1) is 46.0. The number of ether oxygens (including phenoxy) is 4. The van der Waals surface area contributed by atoms with Crippen LogP contribution in [0.5, 0.6) is 0 Å². The van der Waals surface area contributed by atoms with Gasteiger partial charge in [-0.15, -0.1) is 0 Å². The van der Waals surface area contributed by atoms with Crippen LogP contribution in [0, 0.1) is 5.92 Å². The maximum Gasteiger partial charge on any atom is 0.472 e. The van der Waals surface area contributed by atoms with Crippen LogP contribution in [-0.2, 0) is 65.4 Å². The maximum atomic E-state index is 13.1. The van der Waals surface area contributed by atoms with Crippen LogP contribution in [0.3, 0.4) is 0 Å². The molecule has 95 heavy (non-hydrogen) atoms. The Bertz CT molecular complexity index is 1820. The quantitative estimate of drug-likeness (QED) is 0.0222. The lowest BCUT2D eigenvalue weighted by molar-refractivity contribution is -0.161. The van der Waals surface area contributed by atoms with E-state index in [0.29, 0.717) is 25.7 Å². The molecule has 0 aromatic heterocycles. The standard InChI is InChI=1S/C76H148O17P2/c1-6-9-12-15-18-21-23-25-27-31-35-40-45-50-55-60-74(79)87-66-72(93-76(81)62-57-52-47-42-37-33-29-30-34-39-43-48-53-58-69(4)5)68-91-95(84,85)89-64-70(77)63-88-94(82,83)90-67-71(65-86-73(78)59-54-49-44-38-20-17-14-11-8-3)92-75(80)61-56-51-46-41-36-32-28-26-24-22-19-16-13-10-7-2/h69-72,77H,6-68H2,1-5H3,(H,82,83)(H,84,85)/t70-,71+,72+/m0/s1. The van der Waals surface area contributed by atoms with Crippen LogP contribution in [0.4, 0.5) is 0 Å². The zero-order valence-corrected chi connectivity index (χ0v) is 63.6. The van der Waals surface area contributed by atoms with E-state index in [0.717, 1.165) is 95.8 Å². The number of carbonyl (C=O) groups excluding carboxylic acids is 4. The van der Waals surface area contributed by atoms with Crippen LogP contribution < -0.4 is 0 Å². The van der Waals surface area contributed by atoms with Crippen LogP contribution in [0.15, 0.2) is 0 Å². The minimum atomic E-state index is -4.96. The number of unbranched alkanes of at least 4 members (excludes halogenated alkanes) is 48. The first-order valence-electron chi connectivity index (χ1n) is 39.6. The monoisotopic (exact) mass is 1400 g/mol. The molecule has 0 aromatic rings. The summed E-state index contributed by atoms with van der Waals surface area (Å²) in [6.07, 6.45) is 58.1. The summed E-state index contributed by atoms with van der Waals surface area (Å²) in [5.41, 5.74) is 0. The largest absolute Gasteiger partial charge is 0.472 e. The van der Waals surface area contributed by atoms with Crippen LogP contribution in [0.1, 0.15) is 401 Å². The van der Waals surface area contributed by atoms with Crippen molar-refractivity contribution in [2.24, 2.45) is 5.92 Å². The Balaban J connectivity index is 5.23. The third kappa shape index (κ3) is 70.3. The van der Waals surface area contributed by atoms with Crippen LogP contribution in [-0.4, -0.2) is 96.7 Å². The number of hydrogen-bond acceptors (Lipinski definition) is 15. The Kier molecular flexibility index (Phi) is 67.7. The zero-order chi connectivity index (χ0) is 69.8. The molecule has 0 heterocycles. The minimum absolute atomic E-state index is 0.108. The number of esters is 4. The summed E-state index contributed by atoms with van der Waals surface area (Å²) in [5, 5.41) is 10.6. The van der Waals surface area contributed by atoms with E-state index in [9.17, 15) is 43.2 Å². The van der Waals surface area contributed by atoms with Gasteiger partial charge in [0.05, 0.1) is 26.4 Å². The number of rotatable bonds is 76. The summed E-state index contributed by atoms with van der Waals surface area (Å²) in [4.78, 5) is 72.8. The Morgan fingerprint density at radius 1 is 0.284 bits per heavy atom. The molecule has 0 aromatic carbocycles. The van der Waals surface area contributed by atoms with Gasteiger partial charge in [-0.05, 0) is 31.6 Å². The van der Waals surface area contributed by atoms with Gasteiger partial charge in [0.2, 0.25) is 0 Å². The maximum absolute atomic E-state index is 13.1. The Labute approximate surface area is 581 Å². The number of carbonyl (C=O) groups is 4. The highest BCUT2D eigenvalue weighted by Crippen LogP contribution is 2.45. The average molecular weight is 1400 g/mol. The summed E-state index contributed by atoms with van der Waals surface area (Å²) in [6.45, 7) is 7.31. The lowest BCUT2D eigenvalue weighted by Crippen LogP contribution is -2.30. The molecule has 0 saturated carbocycles. The van der Waals surface area contributed by atoms with Crippen molar-refractivity contribution in [2.45, 2.75) is 419 Å². The molecular weight excluding hydrogens is 1250 g/mol. The molecule has 19 heteroatoms. The second kappa shape index (κ2) is 69.2. The summed E-state index contributed by atoms with van der Waals surface area (Å²) >= 11 is 0. The first kappa shape index (κ1) is 93.1. The predicted octanol–water partition coefficient (Wildman–Crippen LogP) is 22.5. The SMILES string of the molecule is CCCCCCCCCCCCCCCCCC(=O)OC[C@H](COP(=O)(O)OC[C@@H](O)COP(=O)(O)OC[C@@H](COC(=O)CCCCCCCCCCC)OC(=O)CCCCCCCCCCCCCCCCC)OC(=O)CCCCCCCCCCCCCCCC(C)C. The molecule has 0 aliphatic rings. The van der Waals surface area contributed by atoms with E-state index in [1.54, 1.807) is 0 Å². The molecule has 0 rings (SSSR count). The zero-order valence-electron chi connectivity index (χ0n) is 61.8. The van der Waals surface area contributed by atoms with Crippen LogP contribution in [0.2, 0.25) is 0 Å². The van der Waals surface area contributed by atoms with Crippen molar-refractivity contribution in [1.82, 2.24) is 0 Å². The van der Waals surface area contributed by atoms with Crippen molar-refractivity contribution < 1.29 is 80.2 Å². The lowest BCUT2D eigenvalue weighted by atomic mass is 10.0. The number of hydrogen-bond donors (Lipinski definition) is 3. The molecule has 0 aliphatic carbocycles. The highest BCUT2D eigenvalue weighted by molar-refractivity contribution is 7.47. The van der Waals surface area contributed by atoms with Gasteiger partial charge in [-0.25, -0.2) is 9.13 Å². The molecule has 564 valence electrons. The van der Waals surface area contributed by atoms with E-state index in [2.05, 4.69) is 34.6 Å². The van der Waals surface area contributed by atoms with Crippen molar-refractivity contribution in [3.05, 3.63) is 0 Å². The molecule has 0 radical (unpaired) electrons. The van der Waals surface area contributed by atoms with E-state index < -0.39 is 97.5 Å². The Morgan fingerprint density at radius 2 is 0.484 bits per heavy atom. The van der Waals surface area contributed by atoms with Gasteiger partial charge in [-0.3, -0.25) is 37.3 Å². The summed E-state index contributed by atoms with van der Waals surface area (Å²) < 4.78 is 68.5. The molecule has 0 amide bonds. The molecule has 3 N–H and O–H groups in total. The highest BCUT2D eigenvalue weighted by Gasteiger charge is 2.30. The number of aliphatic hydroxyl groups excluding tert-OH is 1. The van der Waals surface area contributed by atoms with Gasteiger partial charge in [-0.2, -0.15) is 0 Å². The van der Waals surface area contributed by atoms with Crippen molar-refractivity contribution in [3.63, 3.8) is 0 Å². The molecule has 0 spiro atoms. The molecule has 0 fully saturated rings. The minimum Gasteiger partial charge on any atom is -0.462 e. The Morgan fingerprint density at radius 3 is 0.716 bits per heavy atom. The van der Waals surface area contributed by atoms with Gasteiger partial charge >= 0.3 is 39.5 Å². The molecule has 5 atom stereocenters. The summed E-state index contributed by atoms with van der Waals surface area (Å²) in [7, 11) is -9.91. The second-order valence-electron chi connectivity index (χ2n) is 27.9. The highest BCUT2D eigenvalue weighted by atomic mass is 31.2. The normalized spacial score (nSPS) is 13.9. The van der Waals surface area contributed by atoms with E-state index >= 15 is 0 Å². The fraction of sp³-hybridized carbons (Fsp3) is 0.947. The number of phosphoric acid groups is 2. The van der Waals surface area contributed by atoms with Gasteiger partial charge in [0, 0.05) is 25.7 Å². The molecule has 0 bridgehead atoms. The van der Waals surface area contributed by atoms with Gasteiger partial charge in [0.15, 0.2) is 12.2 Å². The first-order valence-corrected chi connectivity index (χ1v) is 42.6. The third-order valence-electron chi connectivity index (χ3n) is 17.8. The molecule has 0 saturated heterocycles. The van der Waals surface area contributed by atoms with Crippen molar-refractivity contribution in [1.29, 1.82) is 0 Å². The topological polar surface area (TPSA) is 237 Å². The molecule has 0 aliphatic heterocycles. The Hall–Kier alpha value is -1.94. The predicted molar refractivity (Wildman–Crippen MR) is 386 cm³/mol. The van der Waals surface area contributed by atoms with Gasteiger partial charge in [0.1, 0.15) is 19.3 Å². The van der Waals surface area contributed by atoms with Gasteiger partial charge in [0.25, 0.3) is 0 Å². The smallest absolute Gasteiger partial charge is 0.462 e. The van der Waals surface area contributed by atoms with E-state index in [-0.39, 0.29) is 25.7 Å². The van der Waals surface area contributed by atoms with Crippen molar-refractivity contribution in [2.75, 3.05) is 39.6 Å². The fourth-order valence-electron chi connectivity index (χ4n) is 11.7. The summed E-state index contributed by atoms with van der Waals surface area (Å²) in [6, 6.07) is 0. The van der Waals surface area contributed by atoms with Gasteiger partial charge < -0.3 is 33.8 Å². The second-order valence-corrected chi connectivity index (χ2v) is 30.8. The molecular formula is C76H148O17P2. The van der Waals surface area contributed by atoms with Crippen LogP contribution >= 0.6 is 15.6 Å². The molecule has 17 nitrogen and oxygen atoms in total. The number of aliphatic hydroxyl groups is 1. The van der Waals surface area contributed by atoms with E-state index in [1.807, 2.05) is 0 Å².